The van der Waals surface area contributed by atoms with Crippen molar-refractivity contribution in [2.45, 2.75) is 6.42 Å². The molecule has 0 aliphatic carbocycles. The summed E-state index contributed by atoms with van der Waals surface area (Å²) in [6, 6.07) is 12.2. The summed E-state index contributed by atoms with van der Waals surface area (Å²) in [4.78, 5) is 26.5. The van der Waals surface area contributed by atoms with E-state index in [1.165, 1.54) is 20.3 Å². The number of benzene rings is 2. The molecule has 0 N–H and O–H groups in total. The molecule has 0 fully saturated rings. The Hall–Kier alpha value is -3.02. The minimum atomic E-state index is -0.510. The summed E-state index contributed by atoms with van der Waals surface area (Å²) in [6.07, 6.45) is 0.734. The molecule has 0 bridgehead atoms. The fraction of sp³-hybridized carbons (Fsp3) is 0.263. The smallest absolute Gasteiger partial charge is 0.341 e. The summed E-state index contributed by atoms with van der Waals surface area (Å²) >= 11 is 0. The predicted molar refractivity (Wildman–Crippen MR) is 92.6 cm³/mol. The van der Waals surface area contributed by atoms with Crippen molar-refractivity contribution in [1.82, 2.24) is 0 Å². The molecular formula is C19H19NO5. The van der Waals surface area contributed by atoms with Gasteiger partial charge < -0.3 is 19.1 Å². The van der Waals surface area contributed by atoms with Crippen LogP contribution in [0.25, 0.3) is 0 Å². The highest BCUT2D eigenvalue weighted by molar-refractivity contribution is 6.08. The van der Waals surface area contributed by atoms with Gasteiger partial charge in [-0.1, -0.05) is 12.1 Å². The zero-order chi connectivity index (χ0) is 17.8. The fourth-order valence-electron chi connectivity index (χ4n) is 2.80. The van der Waals surface area contributed by atoms with Crippen LogP contribution in [-0.2, 0) is 4.74 Å². The number of para-hydroxylation sites is 2. The van der Waals surface area contributed by atoms with Crippen LogP contribution in [0.15, 0.2) is 42.5 Å². The van der Waals surface area contributed by atoms with Crippen LogP contribution in [0.3, 0.4) is 0 Å². The van der Waals surface area contributed by atoms with Gasteiger partial charge in [0.05, 0.1) is 26.5 Å². The van der Waals surface area contributed by atoms with Gasteiger partial charge in [0.2, 0.25) is 0 Å². The third-order valence-electron chi connectivity index (χ3n) is 4.04. The summed E-state index contributed by atoms with van der Waals surface area (Å²) in [5, 5.41) is 0. The zero-order valence-electron chi connectivity index (χ0n) is 14.2. The normalized spacial score (nSPS) is 13.3. The summed E-state index contributed by atoms with van der Waals surface area (Å²) in [7, 11) is 2.75. The maximum Gasteiger partial charge on any atom is 0.341 e. The summed E-state index contributed by atoms with van der Waals surface area (Å²) in [6.45, 7) is 1.11. The van der Waals surface area contributed by atoms with Crippen LogP contribution in [0, 0.1) is 0 Å². The van der Waals surface area contributed by atoms with Crippen LogP contribution in [0.5, 0.6) is 11.5 Å². The lowest BCUT2D eigenvalue weighted by atomic mass is 10.1. The van der Waals surface area contributed by atoms with Crippen molar-refractivity contribution in [3.05, 3.63) is 53.6 Å². The van der Waals surface area contributed by atoms with Crippen LogP contribution < -0.4 is 14.4 Å². The maximum atomic E-state index is 13.0. The minimum Gasteiger partial charge on any atom is -0.496 e. The minimum absolute atomic E-state index is 0.173. The highest BCUT2D eigenvalue weighted by Crippen LogP contribution is 2.32. The van der Waals surface area contributed by atoms with Crippen LogP contribution in [0.1, 0.15) is 27.1 Å². The molecule has 130 valence electrons. The number of methoxy groups -OCH3 is 2. The lowest BCUT2D eigenvalue weighted by Gasteiger charge is -2.22. The first-order chi connectivity index (χ1) is 12.2. The maximum absolute atomic E-state index is 13.0. The van der Waals surface area contributed by atoms with E-state index in [1.54, 1.807) is 17.0 Å². The Morgan fingerprint density at radius 2 is 1.92 bits per heavy atom. The van der Waals surface area contributed by atoms with Crippen molar-refractivity contribution >= 4 is 17.6 Å². The van der Waals surface area contributed by atoms with Crippen molar-refractivity contribution < 1.29 is 23.8 Å². The average Bonchev–Trinajstić information content (AvgIpc) is 2.88. The largest absolute Gasteiger partial charge is 0.496 e. The van der Waals surface area contributed by atoms with Crippen LogP contribution >= 0.6 is 0 Å². The highest BCUT2D eigenvalue weighted by Gasteiger charge is 2.24. The van der Waals surface area contributed by atoms with Gasteiger partial charge in [0.1, 0.15) is 17.1 Å². The Labute approximate surface area is 145 Å². The number of fused-ring (bicyclic) bond motifs is 1. The average molecular weight is 341 g/mol. The molecule has 6 heteroatoms. The van der Waals surface area contributed by atoms with Crippen molar-refractivity contribution in [2.24, 2.45) is 0 Å². The Morgan fingerprint density at radius 3 is 2.68 bits per heavy atom. The molecule has 0 saturated carbocycles. The quantitative estimate of drug-likeness (QED) is 0.803. The van der Waals surface area contributed by atoms with Crippen molar-refractivity contribution in [3.63, 3.8) is 0 Å². The molecule has 0 saturated heterocycles. The number of esters is 1. The number of carbonyl (C=O) groups is 2. The number of nitrogens with zero attached hydrogens (tertiary/aromatic N) is 1. The van der Waals surface area contributed by atoms with Gasteiger partial charge in [0.25, 0.3) is 5.91 Å². The molecule has 1 aliphatic heterocycles. The number of hydrogen-bond acceptors (Lipinski definition) is 5. The Balaban J connectivity index is 1.97. The second-order valence-corrected chi connectivity index (χ2v) is 5.53. The molecule has 1 amide bonds. The van der Waals surface area contributed by atoms with E-state index >= 15 is 0 Å². The van der Waals surface area contributed by atoms with Crippen LogP contribution in [0.4, 0.5) is 5.69 Å². The molecule has 1 aliphatic rings. The molecule has 0 radical (unpaired) electrons. The van der Waals surface area contributed by atoms with E-state index in [2.05, 4.69) is 0 Å². The van der Waals surface area contributed by atoms with E-state index in [0.29, 0.717) is 30.2 Å². The second-order valence-electron chi connectivity index (χ2n) is 5.53. The first-order valence-corrected chi connectivity index (χ1v) is 7.95. The standard InChI is InChI=1S/C19H19NO5/c1-23-17-12-13(8-9-14(17)19(22)24-2)18(21)20-10-5-11-25-16-7-4-3-6-15(16)20/h3-4,6-9,12H,5,10-11H2,1-2H3. The lowest BCUT2D eigenvalue weighted by Crippen LogP contribution is -2.31. The lowest BCUT2D eigenvalue weighted by molar-refractivity contribution is 0.0596. The molecule has 0 spiro atoms. The molecule has 2 aromatic carbocycles. The van der Waals surface area contributed by atoms with Gasteiger partial charge in [-0.3, -0.25) is 4.79 Å². The predicted octanol–water partition coefficient (Wildman–Crippen LogP) is 2.91. The molecule has 0 unspecified atom stereocenters. The van der Waals surface area contributed by atoms with E-state index in [1.807, 2.05) is 24.3 Å². The SMILES string of the molecule is COC(=O)c1ccc(C(=O)N2CCCOc3ccccc32)cc1OC. The molecule has 3 rings (SSSR count). The van der Waals surface area contributed by atoms with E-state index in [4.69, 9.17) is 14.2 Å². The van der Waals surface area contributed by atoms with Gasteiger partial charge in [-0.2, -0.15) is 0 Å². The van der Waals surface area contributed by atoms with Crippen LogP contribution in [0.2, 0.25) is 0 Å². The van der Waals surface area contributed by atoms with Gasteiger partial charge in [-0.05, 0) is 36.8 Å². The van der Waals surface area contributed by atoms with Gasteiger partial charge in [-0.25, -0.2) is 4.79 Å². The van der Waals surface area contributed by atoms with Crippen LogP contribution in [-0.4, -0.2) is 39.2 Å². The van der Waals surface area contributed by atoms with E-state index in [9.17, 15) is 9.59 Å². The van der Waals surface area contributed by atoms with Gasteiger partial charge in [-0.15, -0.1) is 0 Å². The van der Waals surface area contributed by atoms with Crippen molar-refractivity contribution in [2.75, 3.05) is 32.3 Å². The van der Waals surface area contributed by atoms with Gasteiger partial charge in [0.15, 0.2) is 0 Å². The summed E-state index contributed by atoms with van der Waals surface area (Å²) in [5.41, 5.74) is 1.45. The Bertz CT molecular complexity index is 802. The molecular weight excluding hydrogens is 322 g/mol. The second kappa shape index (κ2) is 7.25. The molecule has 0 aromatic heterocycles. The van der Waals surface area contributed by atoms with E-state index in [-0.39, 0.29) is 11.5 Å². The van der Waals surface area contributed by atoms with Gasteiger partial charge >= 0.3 is 5.97 Å². The number of ether oxygens (including phenoxy) is 3. The topological polar surface area (TPSA) is 65.1 Å². The molecule has 2 aromatic rings. The number of carbonyl (C=O) groups excluding carboxylic acids is 2. The van der Waals surface area contributed by atoms with Gasteiger partial charge in [0, 0.05) is 12.1 Å². The van der Waals surface area contributed by atoms with Crippen molar-refractivity contribution in [1.29, 1.82) is 0 Å². The van der Waals surface area contributed by atoms with Crippen molar-refractivity contribution in [3.8, 4) is 11.5 Å². The molecule has 25 heavy (non-hydrogen) atoms. The summed E-state index contributed by atoms with van der Waals surface area (Å²) < 4.78 is 15.7. The Morgan fingerprint density at radius 1 is 1.12 bits per heavy atom. The fourth-order valence-corrected chi connectivity index (χ4v) is 2.80. The molecule has 6 nitrogen and oxygen atoms in total. The highest BCUT2D eigenvalue weighted by atomic mass is 16.5. The number of anilines is 1. The van der Waals surface area contributed by atoms with E-state index in [0.717, 1.165) is 12.1 Å². The monoisotopic (exact) mass is 341 g/mol. The summed E-state index contributed by atoms with van der Waals surface area (Å²) in [5.74, 6) is 0.306. The Kier molecular flexibility index (Phi) is 4.88. The van der Waals surface area contributed by atoms with E-state index < -0.39 is 5.97 Å². The molecule has 1 heterocycles. The third-order valence-corrected chi connectivity index (χ3v) is 4.04. The number of hydrogen-bond donors (Lipinski definition) is 0. The zero-order valence-corrected chi connectivity index (χ0v) is 14.2. The first-order valence-electron chi connectivity index (χ1n) is 7.95. The first kappa shape index (κ1) is 16.8. The number of rotatable bonds is 3. The number of amides is 1. The molecule has 0 atom stereocenters. The third kappa shape index (κ3) is 3.28.